The van der Waals surface area contributed by atoms with Gasteiger partial charge in [0.25, 0.3) is 0 Å². The second-order valence-electron chi connectivity index (χ2n) is 4.80. The molecule has 7 nitrogen and oxygen atoms in total. The normalized spacial score (nSPS) is 13.5. The summed E-state index contributed by atoms with van der Waals surface area (Å²) in [6.07, 6.45) is 0.907. The summed E-state index contributed by atoms with van der Waals surface area (Å²) in [7, 11) is -7.20. The fraction of sp³-hybridized carbons (Fsp3) is 0.462. The van der Waals surface area contributed by atoms with E-state index in [1.807, 2.05) is 0 Å². The molecule has 0 bridgehead atoms. The van der Waals surface area contributed by atoms with Crippen LogP contribution in [0.15, 0.2) is 35.2 Å². The summed E-state index contributed by atoms with van der Waals surface area (Å²) in [5.41, 5.74) is 0. The average molecular weight is 348 g/mol. The Morgan fingerprint density at radius 1 is 1.14 bits per heavy atom. The van der Waals surface area contributed by atoms with Gasteiger partial charge in [0.2, 0.25) is 15.9 Å². The number of likely N-dealkylation sites (N-methyl/N-ethyl adjacent to an activating group) is 1. The molecule has 0 aromatic heterocycles. The lowest BCUT2D eigenvalue weighted by Gasteiger charge is -2.17. The molecule has 1 atom stereocenters. The standard InChI is InChI=1S/C13H20N2O5S2/c1-3-14-13(16)12(9-10-21(2,17)18)15-22(19,20)11-7-5-4-6-8-11/h4-8,12,15H,3,9-10H2,1-2H3,(H,14,16)/t12-/m1/s1. The number of sulfone groups is 1. The van der Waals surface area contributed by atoms with Crippen molar-refractivity contribution in [3.05, 3.63) is 30.3 Å². The van der Waals surface area contributed by atoms with Crippen molar-refractivity contribution >= 4 is 25.8 Å². The maximum Gasteiger partial charge on any atom is 0.241 e. The fourth-order valence-corrected chi connectivity index (χ4v) is 3.64. The summed E-state index contributed by atoms with van der Waals surface area (Å²) in [5, 5.41) is 2.50. The molecule has 2 N–H and O–H groups in total. The molecule has 1 aromatic carbocycles. The minimum Gasteiger partial charge on any atom is -0.355 e. The number of sulfonamides is 1. The van der Waals surface area contributed by atoms with Crippen LogP contribution in [0, 0.1) is 0 Å². The Morgan fingerprint density at radius 2 is 1.73 bits per heavy atom. The molecule has 0 unspecified atom stereocenters. The highest BCUT2D eigenvalue weighted by molar-refractivity contribution is 7.90. The topological polar surface area (TPSA) is 109 Å². The van der Waals surface area contributed by atoms with E-state index in [-0.39, 0.29) is 17.1 Å². The molecule has 1 amide bonds. The van der Waals surface area contributed by atoms with Gasteiger partial charge in [-0.25, -0.2) is 16.8 Å². The van der Waals surface area contributed by atoms with Crippen LogP contribution in [0.5, 0.6) is 0 Å². The summed E-state index contributed by atoms with van der Waals surface area (Å²) in [6, 6.07) is 6.45. The molecule has 0 aliphatic rings. The van der Waals surface area contributed by atoms with Crippen molar-refractivity contribution in [1.82, 2.24) is 10.0 Å². The summed E-state index contributed by atoms with van der Waals surface area (Å²) in [6.45, 7) is 2.01. The zero-order valence-electron chi connectivity index (χ0n) is 12.4. The van der Waals surface area contributed by atoms with Gasteiger partial charge in [-0.2, -0.15) is 4.72 Å². The van der Waals surface area contributed by atoms with Crippen LogP contribution < -0.4 is 10.0 Å². The summed E-state index contributed by atoms with van der Waals surface area (Å²) >= 11 is 0. The number of rotatable bonds is 8. The Morgan fingerprint density at radius 3 is 2.23 bits per heavy atom. The van der Waals surface area contributed by atoms with Crippen LogP contribution in [-0.2, 0) is 24.7 Å². The quantitative estimate of drug-likeness (QED) is 0.682. The fourth-order valence-electron chi connectivity index (χ4n) is 1.73. The molecular weight excluding hydrogens is 328 g/mol. The Hall–Kier alpha value is -1.45. The number of carbonyl (C=O) groups is 1. The maximum atomic E-state index is 12.2. The number of carbonyl (C=O) groups excluding carboxylic acids is 1. The van der Waals surface area contributed by atoms with Crippen LogP contribution in [0.3, 0.4) is 0 Å². The lowest BCUT2D eigenvalue weighted by atomic mass is 10.2. The molecule has 0 aliphatic heterocycles. The van der Waals surface area contributed by atoms with E-state index < -0.39 is 31.8 Å². The van der Waals surface area contributed by atoms with Crippen molar-refractivity contribution in [1.29, 1.82) is 0 Å². The molecule has 0 radical (unpaired) electrons. The van der Waals surface area contributed by atoms with Gasteiger partial charge in [-0.05, 0) is 25.5 Å². The molecule has 9 heteroatoms. The number of amides is 1. The molecule has 124 valence electrons. The smallest absolute Gasteiger partial charge is 0.241 e. The van der Waals surface area contributed by atoms with Gasteiger partial charge in [0.05, 0.1) is 10.6 Å². The van der Waals surface area contributed by atoms with Gasteiger partial charge >= 0.3 is 0 Å². The van der Waals surface area contributed by atoms with E-state index in [1.165, 1.54) is 12.1 Å². The highest BCUT2D eigenvalue weighted by atomic mass is 32.2. The first-order valence-corrected chi connectivity index (χ1v) is 10.2. The molecule has 0 saturated carbocycles. The predicted octanol–water partition coefficient (Wildman–Crippen LogP) is -0.0957. The average Bonchev–Trinajstić information content (AvgIpc) is 2.43. The van der Waals surface area contributed by atoms with Crippen LogP contribution in [0.4, 0.5) is 0 Å². The first kappa shape index (κ1) is 18.6. The predicted molar refractivity (Wildman–Crippen MR) is 83.6 cm³/mol. The van der Waals surface area contributed by atoms with Gasteiger partial charge in [0.1, 0.15) is 15.9 Å². The Balaban J connectivity index is 2.94. The first-order chi connectivity index (χ1) is 10.2. The van der Waals surface area contributed by atoms with E-state index in [0.29, 0.717) is 6.54 Å². The van der Waals surface area contributed by atoms with Crippen LogP contribution >= 0.6 is 0 Å². The minimum atomic E-state index is -3.90. The molecule has 1 aromatic rings. The number of benzene rings is 1. The number of hydrogen-bond donors (Lipinski definition) is 2. The molecule has 1 rings (SSSR count). The largest absolute Gasteiger partial charge is 0.355 e. The van der Waals surface area contributed by atoms with Gasteiger partial charge < -0.3 is 5.32 Å². The van der Waals surface area contributed by atoms with Crippen molar-refractivity contribution in [3.63, 3.8) is 0 Å². The second-order valence-corrected chi connectivity index (χ2v) is 8.77. The second kappa shape index (κ2) is 7.70. The highest BCUT2D eigenvalue weighted by Gasteiger charge is 2.26. The lowest BCUT2D eigenvalue weighted by Crippen LogP contribution is -2.47. The van der Waals surface area contributed by atoms with Gasteiger partial charge in [-0.15, -0.1) is 0 Å². The van der Waals surface area contributed by atoms with E-state index in [9.17, 15) is 21.6 Å². The monoisotopic (exact) mass is 348 g/mol. The van der Waals surface area contributed by atoms with Crippen molar-refractivity contribution in [2.45, 2.75) is 24.3 Å². The Bertz CT molecular complexity index is 699. The van der Waals surface area contributed by atoms with Gasteiger partial charge in [-0.3, -0.25) is 4.79 Å². The number of hydrogen-bond acceptors (Lipinski definition) is 5. The van der Waals surface area contributed by atoms with Crippen LogP contribution in [-0.4, -0.2) is 47.3 Å². The van der Waals surface area contributed by atoms with Gasteiger partial charge in [-0.1, -0.05) is 18.2 Å². The lowest BCUT2D eigenvalue weighted by molar-refractivity contribution is -0.122. The van der Waals surface area contributed by atoms with Crippen molar-refractivity contribution in [2.24, 2.45) is 0 Å². The molecular formula is C13H20N2O5S2. The first-order valence-electron chi connectivity index (χ1n) is 6.68. The maximum absolute atomic E-state index is 12.2. The zero-order chi connectivity index (χ0) is 16.8. The van der Waals surface area contributed by atoms with E-state index in [1.54, 1.807) is 25.1 Å². The Labute approximate surface area is 131 Å². The highest BCUT2D eigenvalue weighted by Crippen LogP contribution is 2.09. The molecule has 0 aliphatic carbocycles. The molecule has 0 spiro atoms. The third-order valence-corrected chi connectivity index (χ3v) is 5.26. The van der Waals surface area contributed by atoms with E-state index >= 15 is 0 Å². The van der Waals surface area contributed by atoms with E-state index in [4.69, 9.17) is 0 Å². The summed E-state index contributed by atoms with van der Waals surface area (Å²) in [5.74, 6) is -0.836. The molecule has 0 heterocycles. The van der Waals surface area contributed by atoms with Crippen LogP contribution in [0.2, 0.25) is 0 Å². The van der Waals surface area contributed by atoms with Crippen molar-refractivity contribution < 1.29 is 21.6 Å². The third-order valence-electron chi connectivity index (χ3n) is 2.80. The molecule has 22 heavy (non-hydrogen) atoms. The molecule has 0 saturated heterocycles. The van der Waals surface area contributed by atoms with Crippen LogP contribution in [0.1, 0.15) is 13.3 Å². The SMILES string of the molecule is CCNC(=O)[C@@H](CCS(C)(=O)=O)NS(=O)(=O)c1ccccc1. The van der Waals surface area contributed by atoms with Gasteiger partial charge in [0, 0.05) is 12.8 Å². The Kier molecular flexibility index (Phi) is 6.51. The number of nitrogens with one attached hydrogen (secondary N) is 2. The molecule has 0 fully saturated rings. The summed E-state index contributed by atoms with van der Waals surface area (Å²) in [4.78, 5) is 12.0. The minimum absolute atomic E-state index is 0.0173. The van der Waals surface area contributed by atoms with Gasteiger partial charge in [0.15, 0.2) is 0 Å². The van der Waals surface area contributed by atoms with E-state index in [2.05, 4.69) is 10.0 Å². The van der Waals surface area contributed by atoms with Crippen LogP contribution in [0.25, 0.3) is 0 Å². The van der Waals surface area contributed by atoms with E-state index in [0.717, 1.165) is 6.26 Å². The third kappa shape index (κ3) is 6.12. The summed E-state index contributed by atoms with van der Waals surface area (Å²) < 4.78 is 49.2. The van der Waals surface area contributed by atoms with Crippen molar-refractivity contribution in [3.8, 4) is 0 Å². The van der Waals surface area contributed by atoms with Crippen molar-refractivity contribution in [2.75, 3.05) is 18.6 Å². The zero-order valence-corrected chi connectivity index (χ0v) is 14.1.